The summed E-state index contributed by atoms with van der Waals surface area (Å²) in [7, 11) is 0. The summed E-state index contributed by atoms with van der Waals surface area (Å²) in [5.41, 5.74) is 0. The predicted molar refractivity (Wildman–Crippen MR) is 67.9 cm³/mol. The van der Waals surface area contributed by atoms with Gasteiger partial charge in [0.25, 0.3) is 0 Å². The zero-order chi connectivity index (χ0) is 13.6. The summed E-state index contributed by atoms with van der Waals surface area (Å²) in [6, 6.07) is -0.425. The SMILES string of the molecule is CC1CCC2C(=O)N(C3CCC(=O)NC3=O)CC2C1. The maximum Gasteiger partial charge on any atom is 0.249 e. The number of likely N-dealkylation sites (tertiary alicyclic amines) is 1. The molecule has 1 aliphatic carbocycles. The highest BCUT2D eigenvalue weighted by atomic mass is 16.2. The van der Waals surface area contributed by atoms with E-state index in [-0.39, 0.29) is 23.6 Å². The van der Waals surface area contributed by atoms with E-state index in [1.54, 1.807) is 4.90 Å². The highest BCUT2D eigenvalue weighted by molar-refractivity contribution is 6.02. The Balaban J connectivity index is 1.74. The summed E-state index contributed by atoms with van der Waals surface area (Å²) >= 11 is 0. The van der Waals surface area contributed by atoms with Crippen LogP contribution in [0.15, 0.2) is 0 Å². The summed E-state index contributed by atoms with van der Waals surface area (Å²) in [6.07, 6.45) is 3.96. The first-order chi connectivity index (χ1) is 9.06. The minimum atomic E-state index is -0.425. The van der Waals surface area contributed by atoms with E-state index in [0.717, 1.165) is 19.3 Å². The van der Waals surface area contributed by atoms with Gasteiger partial charge >= 0.3 is 0 Å². The lowest BCUT2D eigenvalue weighted by atomic mass is 9.76. The van der Waals surface area contributed by atoms with Crippen molar-refractivity contribution >= 4 is 17.7 Å². The summed E-state index contributed by atoms with van der Waals surface area (Å²) < 4.78 is 0. The molecule has 19 heavy (non-hydrogen) atoms. The lowest BCUT2D eigenvalue weighted by molar-refractivity contribution is -0.144. The van der Waals surface area contributed by atoms with Crippen LogP contribution in [0.4, 0.5) is 0 Å². The summed E-state index contributed by atoms with van der Waals surface area (Å²) in [4.78, 5) is 37.2. The molecule has 0 aromatic heterocycles. The molecule has 3 rings (SSSR count). The Labute approximate surface area is 112 Å². The molecule has 1 saturated carbocycles. The van der Waals surface area contributed by atoms with Gasteiger partial charge in [0.15, 0.2) is 0 Å². The molecule has 3 aliphatic rings. The fraction of sp³-hybridized carbons (Fsp3) is 0.786. The molecule has 2 saturated heterocycles. The number of carbonyl (C=O) groups excluding carboxylic acids is 3. The fourth-order valence-electron chi connectivity index (χ4n) is 3.84. The Morgan fingerprint density at radius 3 is 2.68 bits per heavy atom. The molecule has 1 N–H and O–H groups in total. The van der Waals surface area contributed by atoms with Crippen molar-refractivity contribution in [2.75, 3.05) is 6.54 Å². The molecule has 0 radical (unpaired) electrons. The van der Waals surface area contributed by atoms with Crippen LogP contribution in [-0.2, 0) is 14.4 Å². The van der Waals surface area contributed by atoms with Crippen LogP contribution in [0.5, 0.6) is 0 Å². The average Bonchev–Trinajstić information content (AvgIpc) is 2.66. The van der Waals surface area contributed by atoms with Gasteiger partial charge in [0.2, 0.25) is 17.7 Å². The van der Waals surface area contributed by atoms with Crippen molar-refractivity contribution < 1.29 is 14.4 Å². The molecule has 2 heterocycles. The first-order valence-corrected chi connectivity index (χ1v) is 7.20. The first-order valence-electron chi connectivity index (χ1n) is 7.20. The van der Waals surface area contributed by atoms with Crippen molar-refractivity contribution in [1.29, 1.82) is 0 Å². The number of amides is 3. The zero-order valence-corrected chi connectivity index (χ0v) is 11.2. The molecule has 2 aliphatic heterocycles. The molecular formula is C14H20N2O3. The fourth-order valence-corrected chi connectivity index (χ4v) is 3.84. The largest absolute Gasteiger partial charge is 0.330 e. The van der Waals surface area contributed by atoms with E-state index < -0.39 is 6.04 Å². The van der Waals surface area contributed by atoms with Crippen LogP contribution in [0.25, 0.3) is 0 Å². The second-order valence-electron chi connectivity index (χ2n) is 6.24. The number of piperidine rings is 1. The van der Waals surface area contributed by atoms with Crippen LogP contribution in [-0.4, -0.2) is 35.2 Å². The Morgan fingerprint density at radius 1 is 1.16 bits per heavy atom. The van der Waals surface area contributed by atoms with Gasteiger partial charge in [0.05, 0.1) is 0 Å². The summed E-state index contributed by atoms with van der Waals surface area (Å²) in [6.45, 7) is 2.93. The monoisotopic (exact) mass is 264 g/mol. The lowest BCUT2D eigenvalue weighted by Gasteiger charge is -2.29. The Bertz CT molecular complexity index is 434. The number of hydrogen-bond donors (Lipinski definition) is 1. The van der Waals surface area contributed by atoms with Gasteiger partial charge in [-0.3, -0.25) is 19.7 Å². The van der Waals surface area contributed by atoms with Crippen LogP contribution in [0, 0.1) is 17.8 Å². The van der Waals surface area contributed by atoms with Crippen molar-refractivity contribution in [2.45, 2.75) is 45.1 Å². The first kappa shape index (κ1) is 12.6. The summed E-state index contributed by atoms with van der Waals surface area (Å²) in [5.74, 6) is 0.806. The van der Waals surface area contributed by atoms with Gasteiger partial charge < -0.3 is 4.90 Å². The maximum atomic E-state index is 12.4. The molecule has 0 aromatic carbocycles. The van der Waals surface area contributed by atoms with E-state index in [0.29, 0.717) is 31.2 Å². The standard InChI is InChI=1S/C14H20N2O3/c1-8-2-3-10-9(6-8)7-16(14(10)19)11-4-5-12(17)15-13(11)18/h8-11H,2-7H2,1H3,(H,15,17,18). The molecular weight excluding hydrogens is 244 g/mol. The second kappa shape index (κ2) is 4.62. The second-order valence-corrected chi connectivity index (χ2v) is 6.24. The van der Waals surface area contributed by atoms with Gasteiger partial charge in [-0.15, -0.1) is 0 Å². The van der Waals surface area contributed by atoms with E-state index in [1.807, 2.05) is 0 Å². The molecule has 0 aromatic rings. The Morgan fingerprint density at radius 2 is 1.95 bits per heavy atom. The number of nitrogens with zero attached hydrogens (tertiary/aromatic N) is 1. The highest BCUT2D eigenvalue weighted by Crippen LogP contribution is 2.40. The van der Waals surface area contributed by atoms with Crippen LogP contribution in [0.1, 0.15) is 39.0 Å². The topological polar surface area (TPSA) is 66.5 Å². The Hall–Kier alpha value is -1.39. The third kappa shape index (κ3) is 2.15. The van der Waals surface area contributed by atoms with Crippen molar-refractivity contribution in [3.63, 3.8) is 0 Å². The third-order valence-corrected chi connectivity index (χ3v) is 4.86. The van der Waals surface area contributed by atoms with E-state index in [9.17, 15) is 14.4 Å². The number of fused-ring (bicyclic) bond motifs is 1. The Kier molecular flexibility index (Phi) is 3.07. The summed E-state index contributed by atoms with van der Waals surface area (Å²) in [5, 5.41) is 2.35. The van der Waals surface area contributed by atoms with Gasteiger partial charge in [-0.1, -0.05) is 6.92 Å². The van der Waals surface area contributed by atoms with E-state index in [2.05, 4.69) is 12.2 Å². The van der Waals surface area contributed by atoms with Crippen molar-refractivity contribution in [3.05, 3.63) is 0 Å². The van der Waals surface area contributed by atoms with Gasteiger partial charge in [0, 0.05) is 18.9 Å². The van der Waals surface area contributed by atoms with Gasteiger partial charge in [0.1, 0.15) is 6.04 Å². The number of rotatable bonds is 1. The predicted octanol–water partition coefficient (Wildman–Crippen LogP) is 0.686. The van der Waals surface area contributed by atoms with E-state index in [1.165, 1.54) is 0 Å². The lowest BCUT2D eigenvalue weighted by Crippen LogP contribution is -2.53. The van der Waals surface area contributed by atoms with Crippen molar-refractivity contribution in [2.24, 2.45) is 17.8 Å². The smallest absolute Gasteiger partial charge is 0.249 e. The minimum Gasteiger partial charge on any atom is -0.330 e. The number of hydrogen-bond acceptors (Lipinski definition) is 3. The molecule has 4 unspecified atom stereocenters. The molecule has 104 valence electrons. The minimum absolute atomic E-state index is 0.113. The van der Waals surface area contributed by atoms with Crippen LogP contribution >= 0.6 is 0 Å². The highest BCUT2D eigenvalue weighted by Gasteiger charge is 2.47. The average molecular weight is 264 g/mol. The van der Waals surface area contributed by atoms with Gasteiger partial charge in [-0.25, -0.2) is 0 Å². The normalized spacial score (nSPS) is 39.2. The quantitative estimate of drug-likeness (QED) is 0.708. The zero-order valence-electron chi connectivity index (χ0n) is 11.2. The molecule has 0 spiro atoms. The van der Waals surface area contributed by atoms with Crippen molar-refractivity contribution in [1.82, 2.24) is 10.2 Å². The van der Waals surface area contributed by atoms with Crippen LogP contribution < -0.4 is 5.32 Å². The molecule has 4 atom stereocenters. The number of imide groups is 1. The third-order valence-electron chi connectivity index (χ3n) is 4.86. The van der Waals surface area contributed by atoms with Gasteiger partial charge in [-0.05, 0) is 37.5 Å². The van der Waals surface area contributed by atoms with Crippen LogP contribution in [0.3, 0.4) is 0 Å². The molecule has 3 fully saturated rings. The molecule has 5 nitrogen and oxygen atoms in total. The molecule has 3 amide bonds. The van der Waals surface area contributed by atoms with Crippen molar-refractivity contribution in [3.8, 4) is 0 Å². The molecule has 5 heteroatoms. The number of nitrogens with one attached hydrogen (secondary N) is 1. The van der Waals surface area contributed by atoms with E-state index >= 15 is 0 Å². The van der Waals surface area contributed by atoms with Gasteiger partial charge in [-0.2, -0.15) is 0 Å². The maximum absolute atomic E-state index is 12.4. The number of carbonyl (C=O) groups is 3. The van der Waals surface area contributed by atoms with Crippen LogP contribution in [0.2, 0.25) is 0 Å². The van der Waals surface area contributed by atoms with E-state index in [4.69, 9.17) is 0 Å². The molecule has 0 bridgehead atoms.